The van der Waals surface area contributed by atoms with Gasteiger partial charge >= 0.3 is 0 Å². The Morgan fingerprint density at radius 2 is 2.21 bits per heavy atom. The summed E-state index contributed by atoms with van der Waals surface area (Å²) in [5.74, 6) is 1.10. The van der Waals surface area contributed by atoms with E-state index in [9.17, 15) is 4.79 Å². The standard InChI is InChI=1S/C16H22N4O3S/c1-9-7-17-5-6-20(9)16(21)13-10(2)12-14(23-4)18-11(8-22-3)19-15(12)24-13/h9,17H,5-8H2,1-4H3/t9-/m0/s1. The Bertz CT molecular complexity index is 761. The van der Waals surface area contributed by atoms with Gasteiger partial charge < -0.3 is 19.7 Å². The molecule has 0 radical (unpaired) electrons. The van der Waals surface area contributed by atoms with E-state index in [-0.39, 0.29) is 11.9 Å². The van der Waals surface area contributed by atoms with E-state index in [2.05, 4.69) is 22.2 Å². The maximum atomic E-state index is 13.0. The highest BCUT2D eigenvalue weighted by molar-refractivity contribution is 7.20. The highest BCUT2D eigenvalue weighted by Gasteiger charge is 2.28. The molecule has 3 rings (SSSR count). The summed E-state index contributed by atoms with van der Waals surface area (Å²) in [7, 11) is 3.18. The molecule has 1 saturated heterocycles. The van der Waals surface area contributed by atoms with Crippen molar-refractivity contribution in [2.75, 3.05) is 33.9 Å². The topological polar surface area (TPSA) is 76.6 Å². The minimum atomic E-state index is 0.0554. The van der Waals surface area contributed by atoms with Crippen LogP contribution in [-0.4, -0.2) is 60.7 Å². The van der Waals surface area contributed by atoms with Crippen LogP contribution < -0.4 is 10.1 Å². The number of methoxy groups -OCH3 is 2. The molecule has 0 spiro atoms. The number of carbonyl (C=O) groups excluding carboxylic acids is 1. The first kappa shape index (κ1) is 17.1. The first-order valence-electron chi connectivity index (χ1n) is 7.91. The second-order valence-electron chi connectivity index (χ2n) is 5.87. The van der Waals surface area contributed by atoms with Crippen LogP contribution in [0.25, 0.3) is 10.2 Å². The summed E-state index contributed by atoms with van der Waals surface area (Å²) in [6, 6.07) is 0.174. The van der Waals surface area contributed by atoms with Gasteiger partial charge in [0.15, 0.2) is 5.82 Å². The van der Waals surface area contributed by atoms with Crippen molar-refractivity contribution in [1.82, 2.24) is 20.2 Å². The van der Waals surface area contributed by atoms with Crippen molar-refractivity contribution < 1.29 is 14.3 Å². The smallest absolute Gasteiger partial charge is 0.264 e. The molecule has 2 aromatic rings. The van der Waals surface area contributed by atoms with Crippen molar-refractivity contribution in [3.63, 3.8) is 0 Å². The van der Waals surface area contributed by atoms with Gasteiger partial charge in [0.05, 0.1) is 17.4 Å². The lowest BCUT2D eigenvalue weighted by molar-refractivity contribution is 0.0660. The predicted octanol–water partition coefficient (Wildman–Crippen LogP) is 1.59. The van der Waals surface area contributed by atoms with E-state index in [1.165, 1.54) is 11.3 Å². The third-order valence-electron chi connectivity index (χ3n) is 4.23. The Morgan fingerprint density at radius 1 is 1.42 bits per heavy atom. The average molecular weight is 350 g/mol. The van der Waals surface area contributed by atoms with Crippen LogP contribution in [0, 0.1) is 6.92 Å². The maximum Gasteiger partial charge on any atom is 0.264 e. The number of ether oxygens (including phenoxy) is 2. The molecule has 0 bridgehead atoms. The van der Waals surface area contributed by atoms with Gasteiger partial charge in [-0.15, -0.1) is 11.3 Å². The number of hydrogen-bond donors (Lipinski definition) is 1. The molecule has 8 heteroatoms. The van der Waals surface area contributed by atoms with E-state index in [0.29, 0.717) is 29.7 Å². The number of aryl methyl sites for hydroxylation is 1. The monoisotopic (exact) mass is 350 g/mol. The van der Waals surface area contributed by atoms with E-state index in [4.69, 9.17) is 9.47 Å². The number of rotatable bonds is 4. The van der Waals surface area contributed by atoms with Crippen LogP contribution in [0.1, 0.15) is 28.0 Å². The molecular weight excluding hydrogens is 328 g/mol. The Labute approximate surface area is 145 Å². The molecule has 0 aromatic carbocycles. The lowest BCUT2D eigenvalue weighted by Gasteiger charge is -2.33. The van der Waals surface area contributed by atoms with Gasteiger partial charge in [0.25, 0.3) is 5.91 Å². The molecule has 0 unspecified atom stereocenters. The molecule has 1 atom stereocenters. The molecule has 0 saturated carbocycles. The largest absolute Gasteiger partial charge is 0.480 e. The van der Waals surface area contributed by atoms with Crippen molar-refractivity contribution in [2.24, 2.45) is 0 Å². The summed E-state index contributed by atoms with van der Waals surface area (Å²) in [6.07, 6.45) is 0. The highest BCUT2D eigenvalue weighted by atomic mass is 32.1. The molecule has 1 amide bonds. The van der Waals surface area contributed by atoms with Gasteiger partial charge in [-0.05, 0) is 19.4 Å². The molecule has 1 N–H and O–H groups in total. The molecule has 2 aromatic heterocycles. The van der Waals surface area contributed by atoms with E-state index in [0.717, 1.165) is 28.9 Å². The van der Waals surface area contributed by atoms with E-state index in [1.807, 2.05) is 11.8 Å². The van der Waals surface area contributed by atoms with Gasteiger partial charge in [0, 0.05) is 32.8 Å². The Morgan fingerprint density at radius 3 is 2.88 bits per heavy atom. The summed E-state index contributed by atoms with van der Waals surface area (Å²) < 4.78 is 10.5. The van der Waals surface area contributed by atoms with Gasteiger partial charge in [-0.1, -0.05) is 0 Å². The molecule has 1 aliphatic rings. The van der Waals surface area contributed by atoms with Crippen molar-refractivity contribution in [3.8, 4) is 5.88 Å². The zero-order chi connectivity index (χ0) is 17.3. The Kier molecular flexibility index (Phi) is 4.98. The molecule has 7 nitrogen and oxygen atoms in total. The van der Waals surface area contributed by atoms with Crippen LogP contribution in [0.3, 0.4) is 0 Å². The summed E-state index contributed by atoms with van der Waals surface area (Å²) in [5.41, 5.74) is 0.881. The van der Waals surface area contributed by atoms with E-state index < -0.39 is 0 Å². The van der Waals surface area contributed by atoms with E-state index >= 15 is 0 Å². The molecule has 1 fully saturated rings. The first-order chi connectivity index (χ1) is 11.6. The molecule has 24 heavy (non-hydrogen) atoms. The SMILES string of the molecule is COCc1nc(OC)c2c(C)c(C(=O)N3CCNC[C@@H]3C)sc2n1. The van der Waals surface area contributed by atoms with Crippen molar-refractivity contribution >= 4 is 27.5 Å². The average Bonchev–Trinajstić information content (AvgIpc) is 2.91. The fourth-order valence-electron chi connectivity index (χ4n) is 2.96. The number of hydrogen-bond acceptors (Lipinski definition) is 7. The summed E-state index contributed by atoms with van der Waals surface area (Å²) >= 11 is 1.40. The lowest BCUT2D eigenvalue weighted by atomic mass is 10.1. The number of nitrogens with one attached hydrogen (secondary N) is 1. The normalized spacial score (nSPS) is 18.2. The van der Waals surface area contributed by atoms with Crippen LogP contribution in [0.4, 0.5) is 0 Å². The summed E-state index contributed by atoms with van der Waals surface area (Å²) in [6.45, 7) is 6.65. The van der Waals surface area contributed by atoms with Crippen LogP contribution >= 0.6 is 11.3 Å². The minimum Gasteiger partial charge on any atom is -0.480 e. The quantitative estimate of drug-likeness (QED) is 0.902. The zero-order valence-electron chi connectivity index (χ0n) is 14.4. The molecule has 0 aliphatic carbocycles. The first-order valence-corrected chi connectivity index (χ1v) is 8.73. The number of thiophene rings is 1. The zero-order valence-corrected chi connectivity index (χ0v) is 15.2. The van der Waals surface area contributed by atoms with Gasteiger partial charge in [-0.25, -0.2) is 4.98 Å². The van der Waals surface area contributed by atoms with Crippen LogP contribution in [-0.2, 0) is 11.3 Å². The molecule has 3 heterocycles. The molecular formula is C16H22N4O3S. The fourth-order valence-corrected chi connectivity index (χ4v) is 4.11. The number of aromatic nitrogens is 2. The Balaban J connectivity index is 2.05. The predicted molar refractivity (Wildman–Crippen MR) is 92.8 cm³/mol. The number of piperazine rings is 1. The number of amides is 1. The van der Waals surface area contributed by atoms with E-state index in [1.54, 1.807) is 14.2 Å². The molecule has 130 valence electrons. The van der Waals surface area contributed by atoms with Gasteiger partial charge in [0.1, 0.15) is 11.4 Å². The molecule has 1 aliphatic heterocycles. The fraction of sp³-hybridized carbons (Fsp3) is 0.562. The third-order valence-corrected chi connectivity index (χ3v) is 5.40. The third kappa shape index (κ3) is 2.97. The lowest BCUT2D eigenvalue weighted by Crippen LogP contribution is -2.52. The van der Waals surface area contributed by atoms with Crippen molar-refractivity contribution in [3.05, 3.63) is 16.3 Å². The summed E-state index contributed by atoms with van der Waals surface area (Å²) in [5, 5.41) is 4.12. The second kappa shape index (κ2) is 7.00. The van der Waals surface area contributed by atoms with Gasteiger partial charge in [-0.2, -0.15) is 4.98 Å². The van der Waals surface area contributed by atoms with Crippen molar-refractivity contribution in [2.45, 2.75) is 26.5 Å². The van der Waals surface area contributed by atoms with Crippen LogP contribution in [0.2, 0.25) is 0 Å². The van der Waals surface area contributed by atoms with Crippen LogP contribution in [0.5, 0.6) is 5.88 Å². The highest BCUT2D eigenvalue weighted by Crippen LogP contribution is 2.36. The number of carbonyl (C=O) groups is 1. The van der Waals surface area contributed by atoms with Gasteiger partial charge in [0.2, 0.25) is 5.88 Å². The number of fused-ring (bicyclic) bond motifs is 1. The second-order valence-corrected chi connectivity index (χ2v) is 6.87. The van der Waals surface area contributed by atoms with Crippen molar-refractivity contribution in [1.29, 1.82) is 0 Å². The van der Waals surface area contributed by atoms with Gasteiger partial charge in [-0.3, -0.25) is 4.79 Å². The maximum absolute atomic E-state index is 13.0. The minimum absolute atomic E-state index is 0.0554. The van der Waals surface area contributed by atoms with Crippen LogP contribution in [0.15, 0.2) is 0 Å². The summed E-state index contributed by atoms with van der Waals surface area (Å²) in [4.78, 5) is 25.3. The number of nitrogens with zero attached hydrogens (tertiary/aromatic N) is 3. The Hall–Kier alpha value is -1.77.